The quantitative estimate of drug-likeness (QED) is 0.891. The lowest BCUT2D eigenvalue weighted by atomic mass is 10.2. The van der Waals surface area contributed by atoms with Gasteiger partial charge < -0.3 is 10.6 Å². The minimum atomic E-state index is -0.390. The van der Waals surface area contributed by atoms with Crippen LogP contribution in [0.3, 0.4) is 0 Å². The standard InChI is InChI=1S/C17H21N3O2S/c1-11-6-2-5-9-13(11)19-15(21)10-14-16(22)20-17(23-14)18-12-7-3-4-8-12/h2,5-6,9,12,14H,3-4,7-8,10H2,1H3,(H,19,21)(H,18,20,22). The molecule has 2 N–H and O–H groups in total. The third kappa shape index (κ3) is 4.13. The minimum absolute atomic E-state index is 0.119. The first-order valence-corrected chi connectivity index (χ1v) is 8.90. The van der Waals surface area contributed by atoms with E-state index >= 15 is 0 Å². The van der Waals surface area contributed by atoms with E-state index in [2.05, 4.69) is 15.6 Å². The number of hydrogen-bond acceptors (Lipinski definition) is 4. The number of carbonyl (C=O) groups excluding carboxylic acids is 2. The van der Waals surface area contributed by atoms with Gasteiger partial charge in [-0.1, -0.05) is 42.8 Å². The number of amides is 2. The molecule has 1 heterocycles. The number of thioether (sulfide) groups is 1. The molecule has 1 aliphatic heterocycles. The Kier molecular flexibility index (Phi) is 5.00. The highest BCUT2D eigenvalue weighted by molar-refractivity contribution is 8.15. The lowest BCUT2D eigenvalue weighted by Crippen LogP contribution is -2.28. The molecule has 1 aromatic carbocycles. The first kappa shape index (κ1) is 16.1. The van der Waals surface area contributed by atoms with Gasteiger partial charge in [0.05, 0.1) is 6.04 Å². The van der Waals surface area contributed by atoms with Gasteiger partial charge >= 0.3 is 0 Å². The summed E-state index contributed by atoms with van der Waals surface area (Å²) in [6.07, 6.45) is 4.77. The molecule has 0 aromatic heterocycles. The number of amidine groups is 1. The van der Waals surface area contributed by atoms with Crippen molar-refractivity contribution in [3.05, 3.63) is 29.8 Å². The molecule has 0 bridgehead atoms. The van der Waals surface area contributed by atoms with E-state index in [0.717, 1.165) is 24.1 Å². The predicted octanol–water partition coefficient (Wildman–Crippen LogP) is 2.85. The maximum atomic E-state index is 12.2. The van der Waals surface area contributed by atoms with E-state index in [9.17, 15) is 9.59 Å². The number of hydrogen-bond donors (Lipinski definition) is 2. The highest BCUT2D eigenvalue weighted by Gasteiger charge is 2.32. The normalized spacial score (nSPS) is 23.3. The number of aliphatic imine (C=N–C) groups is 1. The van der Waals surface area contributed by atoms with Gasteiger partial charge in [0.1, 0.15) is 5.25 Å². The monoisotopic (exact) mass is 331 g/mol. The van der Waals surface area contributed by atoms with Crippen LogP contribution in [0.25, 0.3) is 0 Å². The van der Waals surface area contributed by atoms with Crippen LogP contribution in [0.1, 0.15) is 37.7 Å². The summed E-state index contributed by atoms with van der Waals surface area (Å²) in [5.41, 5.74) is 1.80. The van der Waals surface area contributed by atoms with E-state index in [0.29, 0.717) is 11.2 Å². The van der Waals surface area contributed by atoms with Gasteiger partial charge in [-0.25, -0.2) is 0 Å². The number of aryl methyl sites for hydroxylation is 1. The molecule has 0 spiro atoms. The molecule has 23 heavy (non-hydrogen) atoms. The van der Waals surface area contributed by atoms with Crippen LogP contribution in [0.5, 0.6) is 0 Å². The summed E-state index contributed by atoms with van der Waals surface area (Å²) in [6.45, 7) is 1.94. The van der Waals surface area contributed by atoms with Crippen molar-refractivity contribution in [2.75, 3.05) is 5.32 Å². The number of para-hydroxylation sites is 1. The largest absolute Gasteiger partial charge is 0.326 e. The fourth-order valence-electron chi connectivity index (χ4n) is 2.88. The second kappa shape index (κ2) is 7.17. The van der Waals surface area contributed by atoms with Crippen LogP contribution < -0.4 is 10.6 Å². The van der Waals surface area contributed by atoms with Crippen molar-refractivity contribution in [2.24, 2.45) is 4.99 Å². The van der Waals surface area contributed by atoms with Crippen molar-refractivity contribution < 1.29 is 9.59 Å². The molecule has 1 aliphatic carbocycles. The van der Waals surface area contributed by atoms with E-state index in [4.69, 9.17) is 0 Å². The van der Waals surface area contributed by atoms with Crippen LogP contribution in [0, 0.1) is 6.92 Å². The molecule has 2 aliphatic rings. The molecule has 1 saturated carbocycles. The third-order valence-corrected chi connectivity index (χ3v) is 5.29. The second-order valence-corrected chi connectivity index (χ2v) is 7.23. The van der Waals surface area contributed by atoms with Crippen molar-refractivity contribution in [2.45, 2.75) is 50.3 Å². The number of carbonyl (C=O) groups is 2. The molecule has 1 unspecified atom stereocenters. The van der Waals surface area contributed by atoms with Gasteiger partial charge in [-0.2, -0.15) is 0 Å². The van der Waals surface area contributed by atoms with Crippen LogP contribution >= 0.6 is 11.8 Å². The summed E-state index contributed by atoms with van der Waals surface area (Å²) in [4.78, 5) is 28.8. The lowest BCUT2D eigenvalue weighted by molar-refractivity contribution is -0.122. The molecule has 1 atom stereocenters. The predicted molar refractivity (Wildman–Crippen MR) is 93.6 cm³/mol. The minimum Gasteiger partial charge on any atom is -0.326 e. The zero-order valence-corrected chi connectivity index (χ0v) is 14.0. The lowest BCUT2D eigenvalue weighted by Gasteiger charge is -2.09. The van der Waals surface area contributed by atoms with Crippen LogP contribution in [-0.4, -0.2) is 28.3 Å². The Bertz CT molecular complexity index is 638. The first-order chi connectivity index (χ1) is 11.1. The fourth-order valence-corrected chi connectivity index (χ4v) is 3.92. The third-order valence-electron chi connectivity index (χ3n) is 4.19. The van der Waals surface area contributed by atoms with Gasteiger partial charge in [-0.15, -0.1) is 0 Å². The number of benzene rings is 1. The maximum absolute atomic E-state index is 12.2. The molecule has 2 amide bonds. The molecule has 5 nitrogen and oxygen atoms in total. The van der Waals surface area contributed by atoms with E-state index in [1.54, 1.807) is 0 Å². The maximum Gasteiger partial charge on any atom is 0.240 e. The summed E-state index contributed by atoms with van der Waals surface area (Å²) in [7, 11) is 0. The Balaban J connectivity index is 1.56. The molecular weight excluding hydrogens is 310 g/mol. The summed E-state index contributed by atoms with van der Waals surface area (Å²) in [5, 5.41) is 5.97. The van der Waals surface area contributed by atoms with Crippen molar-refractivity contribution in [3.8, 4) is 0 Å². The van der Waals surface area contributed by atoms with Crippen molar-refractivity contribution in [3.63, 3.8) is 0 Å². The van der Waals surface area contributed by atoms with E-state index in [1.807, 2.05) is 31.2 Å². The summed E-state index contributed by atoms with van der Waals surface area (Å²) < 4.78 is 0. The van der Waals surface area contributed by atoms with E-state index in [-0.39, 0.29) is 23.5 Å². The van der Waals surface area contributed by atoms with Crippen molar-refractivity contribution in [1.29, 1.82) is 0 Å². The van der Waals surface area contributed by atoms with Crippen LogP contribution in [0.4, 0.5) is 5.69 Å². The highest BCUT2D eigenvalue weighted by Crippen LogP contribution is 2.27. The van der Waals surface area contributed by atoms with Gasteiger partial charge in [0.2, 0.25) is 11.8 Å². The molecule has 1 saturated heterocycles. The molecule has 3 rings (SSSR count). The molecule has 6 heteroatoms. The van der Waals surface area contributed by atoms with Gasteiger partial charge in [0.15, 0.2) is 5.17 Å². The van der Waals surface area contributed by atoms with Gasteiger partial charge in [-0.3, -0.25) is 14.6 Å². The average Bonchev–Trinajstić information content (AvgIpc) is 3.12. The smallest absolute Gasteiger partial charge is 0.240 e. The second-order valence-electron chi connectivity index (χ2n) is 6.04. The summed E-state index contributed by atoms with van der Waals surface area (Å²) >= 11 is 1.38. The highest BCUT2D eigenvalue weighted by atomic mass is 32.2. The zero-order chi connectivity index (χ0) is 16.2. The van der Waals surface area contributed by atoms with Crippen LogP contribution in [0.15, 0.2) is 29.3 Å². The number of rotatable bonds is 4. The van der Waals surface area contributed by atoms with Gasteiger partial charge in [-0.05, 0) is 31.4 Å². The Labute approximate surface area is 140 Å². The molecule has 122 valence electrons. The summed E-state index contributed by atoms with van der Waals surface area (Å²) in [5.74, 6) is -0.263. The van der Waals surface area contributed by atoms with Crippen molar-refractivity contribution in [1.82, 2.24) is 5.32 Å². The van der Waals surface area contributed by atoms with Crippen LogP contribution in [-0.2, 0) is 9.59 Å². The Hall–Kier alpha value is -1.82. The fraction of sp³-hybridized carbons (Fsp3) is 0.471. The number of nitrogens with zero attached hydrogens (tertiary/aromatic N) is 1. The SMILES string of the molecule is Cc1ccccc1NC(=O)CC1SC(=NC2CCCC2)NC1=O. The topological polar surface area (TPSA) is 70.6 Å². The van der Waals surface area contributed by atoms with Crippen molar-refractivity contribution >= 4 is 34.4 Å². The Morgan fingerprint density at radius 3 is 2.83 bits per heavy atom. The number of nitrogens with one attached hydrogen (secondary N) is 2. The molecular formula is C17H21N3O2S. The molecule has 2 fully saturated rings. The summed E-state index contributed by atoms with van der Waals surface area (Å²) in [6, 6.07) is 7.95. The number of anilines is 1. The van der Waals surface area contributed by atoms with E-state index < -0.39 is 0 Å². The molecule has 0 radical (unpaired) electrons. The molecule has 1 aromatic rings. The Morgan fingerprint density at radius 2 is 2.09 bits per heavy atom. The zero-order valence-electron chi connectivity index (χ0n) is 13.2. The average molecular weight is 331 g/mol. The van der Waals surface area contributed by atoms with Gasteiger partial charge in [0, 0.05) is 12.1 Å². The Morgan fingerprint density at radius 1 is 1.35 bits per heavy atom. The van der Waals surface area contributed by atoms with Gasteiger partial charge in [0.25, 0.3) is 0 Å². The first-order valence-electron chi connectivity index (χ1n) is 8.02. The van der Waals surface area contributed by atoms with E-state index in [1.165, 1.54) is 24.6 Å². The van der Waals surface area contributed by atoms with Crippen LogP contribution in [0.2, 0.25) is 0 Å².